The number of rotatable bonds is 18. The molecule has 0 aromatic heterocycles. The summed E-state index contributed by atoms with van der Waals surface area (Å²) in [7, 11) is -43.2. The molecule has 8 aromatic rings. The Balaban J connectivity index is 1.34. The van der Waals surface area contributed by atoms with Crippen LogP contribution < -0.4 is 16.0 Å². The molecular weight excluding hydrogens is 1400 g/mol. The number of carboxylic acid groups (broad SMARTS) is 2. The zero-order chi connectivity index (χ0) is 68.9. The van der Waals surface area contributed by atoms with E-state index in [0.717, 1.165) is 18.2 Å². The lowest BCUT2D eigenvalue weighted by atomic mass is 10.0. The molecule has 40 nitrogen and oxygen atoms in total. The van der Waals surface area contributed by atoms with E-state index in [1.807, 2.05) is 0 Å². The highest BCUT2D eigenvalue weighted by molar-refractivity contribution is 7.89. The van der Waals surface area contributed by atoms with Gasteiger partial charge in [0, 0.05) is 16.2 Å². The van der Waals surface area contributed by atoms with Gasteiger partial charge in [0.1, 0.15) is 74.9 Å². The normalized spacial score (nSPS) is 13.4. The first-order valence-corrected chi connectivity index (χ1v) is 34.8. The molecule has 48 heteroatoms. The van der Waals surface area contributed by atoms with Crippen molar-refractivity contribution in [2.75, 3.05) is 5.73 Å². The van der Waals surface area contributed by atoms with E-state index in [4.69, 9.17) is 16.0 Å². The Morgan fingerprint density at radius 2 is 0.641 bits per heavy atom. The Hall–Kier alpha value is -9.64. The highest BCUT2D eigenvalue weighted by Gasteiger charge is 2.32. The first-order valence-electron chi connectivity index (χ1n) is 23.1. The summed E-state index contributed by atoms with van der Waals surface area (Å²) < 4.78 is 263. The molecule has 0 atom stereocenters. The number of hydrogen-bond donors (Lipinski definition) is 14. The minimum atomic E-state index is -5.88. The van der Waals surface area contributed by atoms with Gasteiger partial charge in [-0.05, 0) is 95.7 Å². The van der Waals surface area contributed by atoms with Crippen molar-refractivity contribution in [3.8, 4) is 17.2 Å². The molecule has 0 saturated heterocycles. The van der Waals surface area contributed by atoms with E-state index in [-0.39, 0.29) is 12.1 Å². The Kier molecular flexibility index (Phi) is 17.2. The molecular formula is C44H31N11O29S8. The first kappa shape index (κ1) is 68.3. The van der Waals surface area contributed by atoms with Crippen LogP contribution in [0.5, 0.6) is 17.2 Å². The Morgan fingerprint density at radius 3 is 0.978 bits per heavy atom. The maximum atomic E-state index is 13.0. The van der Waals surface area contributed by atoms with Gasteiger partial charge in [-0.2, -0.15) is 50.5 Å². The molecule has 0 aliphatic heterocycles. The summed E-state index contributed by atoms with van der Waals surface area (Å²) in [6.45, 7) is 0. The number of nitrogens with zero attached hydrogens (tertiary/aromatic N) is 8. The van der Waals surface area contributed by atoms with E-state index in [1.165, 1.54) is 0 Å². The predicted octanol–water partition coefficient (Wildman–Crippen LogP) is 5.68. The van der Waals surface area contributed by atoms with Crippen molar-refractivity contribution in [3.05, 3.63) is 96.1 Å². The lowest BCUT2D eigenvalue weighted by Crippen LogP contribution is -2.13. The van der Waals surface area contributed by atoms with Crippen LogP contribution >= 0.6 is 0 Å². The number of anilines is 1. The summed E-state index contributed by atoms with van der Waals surface area (Å²) in [5, 5.41) is 87.1. The summed E-state index contributed by atoms with van der Waals surface area (Å²) >= 11 is 0. The SMILES string of the molecule is Nc1c(N=Nc2cc3c(O)c(N=Nc4ccc(S(N)(=O)=O)cc4C(=O)O)c(S(=O)(=O)O)cc3cc2S(=O)(=O)O)cc(S(=O)(=O)O)c2cc(S(=O)(=O)O)c(N=Nc3cc4c(O)c(N=Nc5ccc(S(N)(=O)=O)cc5C(=O)O)c(S(=O)(=O)O)cc4cc3S(=O)(=O)O)c(O)c12. The van der Waals surface area contributed by atoms with Crippen LogP contribution in [0, 0.1) is 0 Å². The number of phenols is 3. The highest BCUT2D eigenvalue weighted by atomic mass is 32.2. The third-order valence-corrected chi connectivity index (χ3v) is 19.4. The van der Waals surface area contributed by atoms with Crippen LogP contribution in [0.1, 0.15) is 20.7 Å². The Bertz CT molecular complexity index is 5810. The fourth-order valence-corrected chi connectivity index (χ4v) is 13.3. The number of azo groups is 4. The van der Waals surface area contributed by atoms with Gasteiger partial charge in [-0.15, -0.1) is 40.9 Å². The molecule has 0 fully saturated rings. The molecule has 0 spiro atoms. The average Bonchev–Trinajstić information content (AvgIpc) is 0.753. The van der Waals surface area contributed by atoms with Crippen molar-refractivity contribution in [1.29, 1.82) is 0 Å². The molecule has 0 saturated carbocycles. The van der Waals surface area contributed by atoms with Gasteiger partial charge in [-0.25, -0.2) is 36.7 Å². The number of aromatic carboxylic acids is 2. The molecule has 0 heterocycles. The Morgan fingerprint density at radius 1 is 0.337 bits per heavy atom. The van der Waals surface area contributed by atoms with E-state index < -0.39 is 244 Å². The second-order valence-corrected chi connectivity index (χ2v) is 29.7. The van der Waals surface area contributed by atoms with Crippen molar-refractivity contribution in [2.24, 2.45) is 51.2 Å². The number of carbonyl (C=O) groups is 2. The van der Waals surface area contributed by atoms with Gasteiger partial charge in [-0.1, -0.05) is 0 Å². The van der Waals surface area contributed by atoms with Gasteiger partial charge >= 0.3 is 11.9 Å². The number of primary sulfonamides is 2. The number of nitrogen functional groups attached to an aromatic ring is 1. The molecule has 92 heavy (non-hydrogen) atoms. The third-order valence-electron chi connectivity index (χ3n) is 12.3. The summed E-state index contributed by atoms with van der Waals surface area (Å²) in [4.78, 5) is 13.8. The third kappa shape index (κ3) is 13.7. The number of phenolic OH excluding ortho intramolecular Hbond substituents is 3. The zero-order valence-electron chi connectivity index (χ0n) is 43.9. The molecule has 8 aromatic carbocycles. The van der Waals surface area contributed by atoms with Gasteiger partial charge in [0.15, 0.2) is 17.2 Å². The van der Waals surface area contributed by atoms with Gasteiger partial charge in [0.25, 0.3) is 60.7 Å². The van der Waals surface area contributed by atoms with Crippen molar-refractivity contribution in [2.45, 2.75) is 39.2 Å². The average molecular weight is 1430 g/mol. The summed E-state index contributed by atoms with van der Waals surface area (Å²) in [6, 6.07) is 6.83. The number of benzene rings is 8. The molecule has 0 aliphatic carbocycles. The number of carboxylic acids is 2. The van der Waals surface area contributed by atoms with Crippen LogP contribution in [-0.2, 0) is 80.8 Å². The predicted molar refractivity (Wildman–Crippen MR) is 306 cm³/mol. The topological polar surface area (TPSA) is 707 Å². The molecule has 0 aliphatic rings. The molecule has 0 amide bonds. The number of nitrogens with two attached hydrogens (primary N) is 3. The molecule has 17 N–H and O–H groups in total. The van der Waals surface area contributed by atoms with Crippen LogP contribution in [0.15, 0.2) is 165 Å². The standard InChI is InChI=1S/C44H31N11O29S8/c45-36-28(52-50-26-11-19-15(5-30(26)88(70,71)72)7-32(90(76,77)78)37(40(19)56)53-48-24-3-1-17(85(46,63)64)9-21(24)43(59)60)14-29(87(67,68)69)23-13-34(92(82,83)84)39(42(58)35(23)36)55-51-27-12-20-16(6-31(27)89(73,74)75)8-33(91(79,80)81)38(41(20)57)54-49-25-4-2-18(86(47,65)66)10-22(25)44(61)62/h1-14,56-58H,45H2,(H,59,60)(H,61,62)(H2,46,63,64)(H2,47,65,66)(H,67,68,69)(H,70,71,72)(H,73,74,75)(H,76,77,78)(H,79,80,81)(H,82,83,84). The summed E-state index contributed by atoms with van der Waals surface area (Å²) in [6.07, 6.45) is 0. The zero-order valence-corrected chi connectivity index (χ0v) is 50.5. The van der Waals surface area contributed by atoms with Crippen molar-refractivity contribution >= 4 is 176 Å². The lowest BCUT2D eigenvalue weighted by Gasteiger charge is -2.15. The van der Waals surface area contributed by atoms with Gasteiger partial charge in [0.2, 0.25) is 20.0 Å². The Labute approximate surface area is 512 Å². The highest BCUT2D eigenvalue weighted by Crippen LogP contribution is 2.51. The number of fused-ring (bicyclic) bond motifs is 3. The second-order valence-electron chi connectivity index (χ2n) is 18.2. The van der Waals surface area contributed by atoms with E-state index in [1.54, 1.807) is 0 Å². The maximum Gasteiger partial charge on any atom is 0.338 e. The van der Waals surface area contributed by atoms with Crippen molar-refractivity contribution < 1.29 is 130 Å². The lowest BCUT2D eigenvalue weighted by molar-refractivity contribution is 0.0686. The quantitative estimate of drug-likeness (QED) is 0.0279. The van der Waals surface area contributed by atoms with E-state index >= 15 is 0 Å². The number of aromatic hydroxyl groups is 3. The minimum Gasteiger partial charge on any atom is -0.505 e. The maximum absolute atomic E-state index is 13.0. The van der Waals surface area contributed by atoms with E-state index in [0.29, 0.717) is 54.6 Å². The van der Waals surface area contributed by atoms with E-state index in [9.17, 15) is 130 Å². The molecule has 0 radical (unpaired) electrons. The number of sulfonamides is 2. The van der Waals surface area contributed by atoms with Crippen LogP contribution in [0.4, 0.5) is 51.2 Å². The largest absolute Gasteiger partial charge is 0.505 e. The molecule has 8 rings (SSSR count). The van der Waals surface area contributed by atoms with Gasteiger partial charge in [-0.3, -0.25) is 27.3 Å². The second kappa shape index (κ2) is 23.2. The first-order chi connectivity index (χ1) is 42.0. The monoisotopic (exact) mass is 1430 g/mol. The fourth-order valence-electron chi connectivity index (χ4n) is 8.30. The van der Waals surface area contributed by atoms with Crippen LogP contribution in [0.2, 0.25) is 0 Å². The van der Waals surface area contributed by atoms with Crippen LogP contribution in [-0.4, -0.2) is 132 Å². The molecule has 484 valence electrons. The summed E-state index contributed by atoms with van der Waals surface area (Å²) in [5.74, 6) is -8.21. The van der Waals surface area contributed by atoms with Crippen molar-refractivity contribution in [1.82, 2.24) is 0 Å². The van der Waals surface area contributed by atoms with Crippen LogP contribution in [0.3, 0.4) is 0 Å². The number of hydrogen-bond acceptors (Lipinski definition) is 30. The van der Waals surface area contributed by atoms with Crippen molar-refractivity contribution in [3.63, 3.8) is 0 Å². The van der Waals surface area contributed by atoms with Gasteiger partial charge < -0.3 is 31.3 Å². The minimum absolute atomic E-state index is 0.155. The molecule has 0 unspecified atom stereocenters. The van der Waals surface area contributed by atoms with E-state index in [2.05, 4.69) is 40.9 Å². The summed E-state index contributed by atoms with van der Waals surface area (Å²) in [5.41, 5.74) is -5.75. The van der Waals surface area contributed by atoms with Gasteiger partial charge in [0.05, 0.1) is 32.0 Å². The van der Waals surface area contributed by atoms with Crippen LogP contribution in [0.25, 0.3) is 32.3 Å². The fraction of sp³-hybridized carbons (Fsp3) is 0. The smallest absolute Gasteiger partial charge is 0.338 e. The molecule has 0 bridgehead atoms.